The molecule has 0 radical (unpaired) electrons. The molecule has 1 rings (SSSR count). The lowest BCUT2D eigenvalue weighted by Crippen LogP contribution is -2.25. The van der Waals surface area contributed by atoms with Crippen molar-refractivity contribution in [1.29, 1.82) is 0 Å². The molecule has 0 spiro atoms. The van der Waals surface area contributed by atoms with E-state index >= 15 is 0 Å². The van der Waals surface area contributed by atoms with Crippen molar-refractivity contribution >= 4 is 17.3 Å². The Hall–Kier alpha value is -2.15. The van der Waals surface area contributed by atoms with E-state index in [2.05, 4.69) is 10.2 Å². The van der Waals surface area contributed by atoms with Gasteiger partial charge in [0, 0.05) is 30.9 Å². The van der Waals surface area contributed by atoms with Crippen LogP contribution in [-0.4, -0.2) is 47.6 Å². The molecule has 0 aliphatic carbocycles. The number of nitrogens with one attached hydrogen (secondary N) is 1. The predicted octanol–water partition coefficient (Wildman–Crippen LogP) is 1.66. The van der Waals surface area contributed by atoms with Crippen LogP contribution in [0, 0.1) is 10.1 Å². The molecule has 0 amide bonds. The van der Waals surface area contributed by atoms with E-state index < -0.39 is 10.9 Å². The Morgan fingerprint density at radius 1 is 1.53 bits per heavy atom. The zero-order chi connectivity index (χ0) is 14.4. The first kappa shape index (κ1) is 14.9. The summed E-state index contributed by atoms with van der Waals surface area (Å²) in [6.07, 6.45) is 0. The Morgan fingerprint density at radius 2 is 2.21 bits per heavy atom. The molecule has 0 saturated carbocycles. The smallest absolute Gasteiger partial charge is 0.338 e. The Labute approximate surface area is 111 Å². The van der Waals surface area contributed by atoms with Gasteiger partial charge in [0.2, 0.25) is 0 Å². The molecule has 7 heteroatoms. The van der Waals surface area contributed by atoms with E-state index in [-0.39, 0.29) is 11.3 Å². The van der Waals surface area contributed by atoms with Crippen LogP contribution < -0.4 is 5.32 Å². The molecule has 1 aromatic rings. The summed E-state index contributed by atoms with van der Waals surface area (Å²) in [6, 6.07) is 3.78. The molecule has 0 bridgehead atoms. The highest BCUT2D eigenvalue weighted by molar-refractivity contribution is 5.95. The first-order chi connectivity index (χ1) is 8.95. The van der Waals surface area contributed by atoms with Gasteiger partial charge >= 0.3 is 5.97 Å². The number of benzene rings is 1. The number of nitro benzene ring substituents is 1. The highest BCUT2D eigenvalue weighted by Crippen LogP contribution is 2.22. The fourth-order valence-corrected chi connectivity index (χ4v) is 1.52. The molecule has 0 saturated heterocycles. The van der Waals surface area contributed by atoms with E-state index in [1.54, 1.807) is 0 Å². The van der Waals surface area contributed by atoms with Crippen LogP contribution >= 0.6 is 0 Å². The molecule has 19 heavy (non-hydrogen) atoms. The van der Waals surface area contributed by atoms with E-state index in [4.69, 9.17) is 5.11 Å². The molecule has 2 N–H and O–H groups in total. The van der Waals surface area contributed by atoms with Crippen molar-refractivity contribution in [1.82, 2.24) is 4.90 Å². The molecular formula is C12H17N3O4. The van der Waals surface area contributed by atoms with Gasteiger partial charge in [-0.1, -0.05) is 6.92 Å². The summed E-state index contributed by atoms with van der Waals surface area (Å²) in [5.74, 6) is -1.19. The minimum absolute atomic E-state index is 0.0895. The lowest BCUT2D eigenvalue weighted by molar-refractivity contribution is -0.384. The van der Waals surface area contributed by atoms with Crippen LogP contribution in [0.25, 0.3) is 0 Å². The highest BCUT2D eigenvalue weighted by Gasteiger charge is 2.15. The molecule has 0 heterocycles. The molecule has 104 valence electrons. The first-order valence-electron chi connectivity index (χ1n) is 5.89. The van der Waals surface area contributed by atoms with Crippen molar-refractivity contribution in [2.75, 3.05) is 32.0 Å². The van der Waals surface area contributed by atoms with Crippen LogP contribution in [0.5, 0.6) is 0 Å². The number of hydrogen-bond acceptors (Lipinski definition) is 5. The maximum absolute atomic E-state index is 11.1. The Kier molecular flexibility index (Phi) is 5.25. The van der Waals surface area contributed by atoms with E-state index in [1.807, 2.05) is 14.0 Å². The van der Waals surface area contributed by atoms with Gasteiger partial charge in [0.1, 0.15) is 0 Å². The van der Waals surface area contributed by atoms with Gasteiger partial charge in [0.25, 0.3) is 5.69 Å². The quantitative estimate of drug-likeness (QED) is 0.576. The van der Waals surface area contributed by atoms with Crippen molar-refractivity contribution in [2.45, 2.75) is 6.92 Å². The third-order valence-corrected chi connectivity index (χ3v) is 2.79. The van der Waals surface area contributed by atoms with Crippen LogP contribution in [0.1, 0.15) is 17.3 Å². The van der Waals surface area contributed by atoms with Gasteiger partial charge in [0.05, 0.1) is 10.5 Å². The maximum atomic E-state index is 11.1. The summed E-state index contributed by atoms with van der Waals surface area (Å²) in [4.78, 5) is 23.1. The normalized spacial score (nSPS) is 10.5. The van der Waals surface area contributed by atoms with Gasteiger partial charge in [0.15, 0.2) is 0 Å². The van der Waals surface area contributed by atoms with Crippen LogP contribution in [-0.2, 0) is 0 Å². The fourth-order valence-electron chi connectivity index (χ4n) is 1.52. The van der Waals surface area contributed by atoms with Gasteiger partial charge < -0.3 is 15.3 Å². The Bertz CT molecular complexity index is 476. The second-order valence-corrected chi connectivity index (χ2v) is 4.11. The number of carbonyl (C=O) groups is 1. The first-order valence-corrected chi connectivity index (χ1v) is 5.89. The van der Waals surface area contributed by atoms with E-state index in [1.165, 1.54) is 12.1 Å². The number of likely N-dealkylation sites (N-methyl/N-ethyl adjacent to an activating group) is 1. The second-order valence-electron chi connectivity index (χ2n) is 4.11. The van der Waals surface area contributed by atoms with E-state index in [9.17, 15) is 14.9 Å². The number of nitrogens with zero attached hydrogens (tertiary/aromatic N) is 2. The monoisotopic (exact) mass is 267 g/mol. The number of aromatic carboxylic acids is 1. The van der Waals surface area contributed by atoms with Crippen LogP contribution in [0.3, 0.4) is 0 Å². The third kappa shape index (κ3) is 4.22. The van der Waals surface area contributed by atoms with Crippen LogP contribution in [0.15, 0.2) is 18.2 Å². The molecule has 7 nitrogen and oxygen atoms in total. The second kappa shape index (κ2) is 6.69. The third-order valence-electron chi connectivity index (χ3n) is 2.79. The minimum Gasteiger partial charge on any atom is -0.478 e. The van der Waals surface area contributed by atoms with Crippen molar-refractivity contribution in [3.63, 3.8) is 0 Å². The summed E-state index contributed by atoms with van der Waals surface area (Å²) in [5.41, 5.74) is 0.0737. The lowest BCUT2D eigenvalue weighted by Gasteiger charge is -2.15. The summed E-state index contributed by atoms with van der Waals surface area (Å²) in [6.45, 7) is 4.25. The Morgan fingerprint density at radius 3 is 2.74 bits per heavy atom. The number of carboxylic acid groups (broad SMARTS) is 1. The van der Waals surface area contributed by atoms with Gasteiger partial charge in [-0.05, 0) is 19.7 Å². The SMILES string of the molecule is CCN(C)CCNc1ccc([N+](=O)[O-])cc1C(=O)O. The number of hydrogen-bond donors (Lipinski definition) is 2. The number of nitro groups is 1. The summed E-state index contributed by atoms with van der Waals surface area (Å²) < 4.78 is 0. The summed E-state index contributed by atoms with van der Waals surface area (Å²) in [7, 11) is 1.95. The van der Waals surface area contributed by atoms with Crippen molar-refractivity contribution in [2.24, 2.45) is 0 Å². The zero-order valence-electron chi connectivity index (χ0n) is 10.9. The highest BCUT2D eigenvalue weighted by atomic mass is 16.6. The largest absolute Gasteiger partial charge is 0.478 e. The molecule has 0 aliphatic heterocycles. The average molecular weight is 267 g/mol. The summed E-state index contributed by atoms with van der Waals surface area (Å²) in [5, 5.41) is 22.6. The van der Waals surface area contributed by atoms with Crippen LogP contribution in [0.4, 0.5) is 11.4 Å². The van der Waals surface area contributed by atoms with E-state index in [0.29, 0.717) is 12.2 Å². The standard InChI is InChI=1S/C12H17N3O4/c1-3-14(2)7-6-13-11-5-4-9(15(18)19)8-10(11)12(16)17/h4-5,8,13H,3,6-7H2,1-2H3,(H,16,17). The average Bonchev–Trinajstić information content (AvgIpc) is 2.38. The van der Waals surface area contributed by atoms with Gasteiger partial charge in [-0.3, -0.25) is 10.1 Å². The maximum Gasteiger partial charge on any atom is 0.338 e. The van der Waals surface area contributed by atoms with Crippen molar-refractivity contribution in [3.05, 3.63) is 33.9 Å². The number of non-ortho nitro benzene ring substituents is 1. The molecule has 0 aromatic heterocycles. The fraction of sp³-hybridized carbons (Fsp3) is 0.417. The van der Waals surface area contributed by atoms with Gasteiger partial charge in [-0.25, -0.2) is 4.79 Å². The van der Waals surface area contributed by atoms with Crippen LogP contribution in [0.2, 0.25) is 0 Å². The van der Waals surface area contributed by atoms with Gasteiger partial charge in [-0.2, -0.15) is 0 Å². The molecule has 0 unspecified atom stereocenters. The van der Waals surface area contributed by atoms with E-state index in [0.717, 1.165) is 19.2 Å². The molecule has 0 aliphatic rings. The zero-order valence-corrected chi connectivity index (χ0v) is 10.9. The topological polar surface area (TPSA) is 95.7 Å². The predicted molar refractivity (Wildman–Crippen MR) is 71.7 cm³/mol. The number of rotatable bonds is 7. The Balaban J connectivity index is 2.82. The molecular weight excluding hydrogens is 250 g/mol. The minimum atomic E-state index is -1.19. The summed E-state index contributed by atoms with van der Waals surface area (Å²) >= 11 is 0. The number of anilines is 1. The van der Waals surface area contributed by atoms with Crippen molar-refractivity contribution in [3.8, 4) is 0 Å². The lowest BCUT2D eigenvalue weighted by atomic mass is 10.1. The van der Waals surface area contributed by atoms with Crippen molar-refractivity contribution < 1.29 is 14.8 Å². The van der Waals surface area contributed by atoms with Gasteiger partial charge in [-0.15, -0.1) is 0 Å². The molecule has 0 fully saturated rings. The number of carboxylic acids is 1. The molecule has 0 atom stereocenters. The molecule has 1 aromatic carbocycles.